The van der Waals surface area contributed by atoms with Crippen molar-refractivity contribution in [2.75, 3.05) is 0 Å². The molecule has 0 saturated heterocycles. The van der Waals surface area contributed by atoms with Crippen molar-refractivity contribution in [2.45, 2.75) is 6.92 Å². The summed E-state index contributed by atoms with van der Waals surface area (Å²) in [5.74, 6) is -1.02. The number of halogens is 2. The minimum Gasteiger partial charge on any atom is -0.206 e. The van der Waals surface area contributed by atoms with Gasteiger partial charge in [-0.25, -0.2) is 8.78 Å². The molecule has 0 heterocycles. The quantitative estimate of drug-likeness (QED) is 0.617. The number of nitriles is 1. The van der Waals surface area contributed by atoms with Crippen molar-refractivity contribution in [3.05, 3.63) is 71.3 Å². The molecule has 0 aliphatic carbocycles. The summed E-state index contributed by atoms with van der Waals surface area (Å²) in [6.07, 6.45) is 0. The summed E-state index contributed by atoms with van der Waals surface area (Å²) < 4.78 is 28.3. The molecular formula is C18H11F2N. The predicted molar refractivity (Wildman–Crippen MR) is 78.8 cm³/mol. The van der Waals surface area contributed by atoms with E-state index in [-0.39, 0.29) is 11.4 Å². The highest BCUT2D eigenvalue weighted by molar-refractivity contribution is 5.88. The first-order valence-corrected chi connectivity index (χ1v) is 6.49. The smallest absolute Gasteiger partial charge is 0.141 e. The third-order valence-corrected chi connectivity index (χ3v) is 3.51. The molecule has 0 atom stereocenters. The highest BCUT2D eigenvalue weighted by Gasteiger charge is 2.11. The van der Waals surface area contributed by atoms with Crippen molar-refractivity contribution in [2.24, 2.45) is 0 Å². The third-order valence-electron chi connectivity index (χ3n) is 3.51. The van der Waals surface area contributed by atoms with Gasteiger partial charge in [0.25, 0.3) is 0 Å². The second-order valence-electron chi connectivity index (χ2n) is 4.96. The number of benzene rings is 3. The van der Waals surface area contributed by atoms with E-state index in [2.05, 4.69) is 0 Å². The van der Waals surface area contributed by atoms with E-state index in [9.17, 15) is 8.78 Å². The third kappa shape index (κ3) is 2.25. The SMILES string of the molecule is Cc1ccc2c(F)c(-c3ccc(C#N)c(F)c3)ccc2c1. The second kappa shape index (κ2) is 4.99. The number of rotatable bonds is 1. The highest BCUT2D eigenvalue weighted by Crippen LogP contribution is 2.30. The largest absolute Gasteiger partial charge is 0.206 e. The summed E-state index contributed by atoms with van der Waals surface area (Å²) in [7, 11) is 0. The van der Waals surface area contributed by atoms with Gasteiger partial charge < -0.3 is 0 Å². The van der Waals surface area contributed by atoms with Crippen LogP contribution in [-0.4, -0.2) is 0 Å². The molecule has 3 aromatic rings. The van der Waals surface area contributed by atoms with E-state index < -0.39 is 5.82 Å². The van der Waals surface area contributed by atoms with Crippen molar-refractivity contribution in [3.63, 3.8) is 0 Å². The maximum atomic E-state index is 14.6. The molecule has 1 nitrogen and oxygen atoms in total. The van der Waals surface area contributed by atoms with Gasteiger partial charge in [0.2, 0.25) is 0 Å². The number of hydrogen-bond acceptors (Lipinski definition) is 1. The monoisotopic (exact) mass is 279 g/mol. The average Bonchev–Trinajstić information content (AvgIpc) is 2.47. The Hall–Kier alpha value is -2.73. The number of hydrogen-bond donors (Lipinski definition) is 0. The van der Waals surface area contributed by atoms with Gasteiger partial charge in [-0.15, -0.1) is 0 Å². The second-order valence-corrected chi connectivity index (χ2v) is 4.96. The molecule has 0 aliphatic rings. The van der Waals surface area contributed by atoms with Crippen LogP contribution in [-0.2, 0) is 0 Å². The molecule has 0 bridgehead atoms. The molecule has 0 fully saturated rings. The van der Waals surface area contributed by atoms with Crippen molar-refractivity contribution in [1.29, 1.82) is 5.26 Å². The van der Waals surface area contributed by atoms with E-state index in [0.29, 0.717) is 16.5 Å². The molecule has 0 saturated carbocycles. The maximum Gasteiger partial charge on any atom is 0.141 e. The Morgan fingerprint density at radius 3 is 2.48 bits per heavy atom. The van der Waals surface area contributed by atoms with Crippen molar-refractivity contribution < 1.29 is 8.78 Å². The van der Waals surface area contributed by atoms with Crippen molar-refractivity contribution in [1.82, 2.24) is 0 Å². The molecule has 0 spiro atoms. The van der Waals surface area contributed by atoms with Crippen LogP contribution < -0.4 is 0 Å². The fourth-order valence-electron chi connectivity index (χ4n) is 2.41. The van der Waals surface area contributed by atoms with E-state index in [1.165, 1.54) is 12.1 Å². The molecule has 0 N–H and O–H groups in total. The van der Waals surface area contributed by atoms with Gasteiger partial charge >= 0.3 is 0 Å². The first-order valence-electron chi connectivity index (χ1n) is 6.49. The minimum absolute atomic E-state index is 0.0458. The van der Waals surface area contributed by atoms with Gasteiger partial charge in [-0.3, -0.25) is 0 Å². The van der Waals surface area contributed by atoms with E-state index in [4.69, 9.17) is 5.26 Å². The molecule has 3 heteroatoms. The summed E-state index contributed by atoms with van der Waals surface area (Å²) in [4.78, 5) is 0. The van der Waals surface area contributed by atoms with Crippen molar-refractivity contribution >= 4 is 10.8 Å². The van der Waals surface area contributed by atoms with Gasteiger partial charge in [-0.1, -0.05) is 42.0 Å². The zero-order valence-electron chi connectivity index (χ0n) is 11.3. The van der Waals surface area contributed by atoms with Crippen LogP contribution in [0, 0.1) is 29.9 Å². The summed E-state index contributed by atoms with van der Waals surface area (Å²) >= 11 is 0. The number of nitrogens with zero attached hydrogens (tertiary/aromatic N) is 1. The van der Waals surface area contributed by atoms with Gasteiger partial charge in [-0.05, 0) is 30.0 Å². The van der Waals surface area contributed by atoms with Gasteiger partial charge in [0.15, 0.2) is 0 Å². The van der Waals surface area contributed by atoms with Gasteiger partial charge in [0, 0.05) is 10.9 Å². The molecule has 21 heavy (non-hydrogen) atoms. The lowest BCUT2D eigenvalue weighted by atomic mass is 9.98. The van der Waals surface area contributed by atoms with Crippen LogP contribution in [0.3, 0.4) is 0 Å². The molecule has 0 amide bonds. The zero-order chi connectivity index (χ0) is 15.0. The van der Waals surface area contributed by atoms with E-state index >= 15 is 0 Å². The normalized spacial score (nSPS) is 10.6. The van der Waals surface area contributed by atoms with Crippen LogP contribution in [0.4, 0.5) is 8.78 Å². The number of aryl methyl sites for hydroxylation is 1. The highest BCUT2D eigenvalue weighted by atomic mass is 19.1. The molecule has 0 aromatic heterocycles. The lowest BCUT2D eigenvalue weighted by Crippen LogP contribution is -1.90. The van der Waals surface area contributed by atoms with Crippen LogP contribution >= 0.6 is 0 Å². The fraction of sp³-hybridized carbons (Fsp3) is 0.0556. The summed E-state index contributed by atoms with van der Waals surface area (Å²) in [6, 6.07) is 14.8. The molecule has 3 aromatic carbocycles. The fourth-order valence-corrected chi connectivity index (χ4v) is 2.41. The molecule has 102 valence electrons. The standard InChI is InChI=1S/C18H11F2N/c1-11-2-6-15-12(8-11)5-7-16(18(15)20)13-3-4-14(10-21)17(19)9-13/h2-9H,1H3. The van der Waals surface area contributed by atoms with Gasteiger partial charge in [0.05, 0.1) is 5.56 Å². The summed E-state index contributed by atoms with van der Waals surface area (Å²) in [5.41, 5.74) is 1.76. The predicted octanol–water partition coefficient (Wildman–Crippen LogP) is 4.97. The van der Waals surface area contributed by atoms with Gasteiger partial charge in [-0.2, -0.15) is 5.26 Å². The minimum atomic E-state index is -0.640. The van der Waals surface area contributed by atoms with Gasteiger partial charge in [0.1, 0.15) is 17.7 Å². The van der Waals surface area contributed by atoms with Crippen molar-refractivity contribution in [3.8, 4) is 17.2 Å². The lowest BCUT2D eigenvalue weighted by molar-refractivity contribution is 0.623. The molecule has 0 unspecified atom stereocenters. The van der Waals surface area contributed by atoms with E-state index in [0.717, 1.165) is 10.9 Å². The Kier molecular flexibility index (Phi) is 3.15. The first kappa shape index (κ1) is 13.3. The molecular weight excluding hydrogens is 268 g/mol. The van der Waals surface area contributed by atoms with E-state index in [1.54, 1.807) is 24.3 Å². The van der Waals surface area contributed by atoms with E-state index in [1.807, 2.05) is 25.1 Å². The van der Waals surface area contributed by atoms with Crippen LogP contribution in [0.25, 0.3) is 21.9 Å². The lowest BCUT2D eigenvalue weighted by Gasteiger charge is -2.08. The van der Waals surface area contributed by atoms with Crippen LogP contribution in [0.15, 0.2) is 48.5 Å². The zero-order valence-corrected chi connectivity index (χ0v) is 11.3. The number of fused-ring (bicyclic) bond motifs is 1. The van der Waals surface area contributed by atoms with Crippen LogP contribution in [0.5, 0.6) is 0 Å². The molecule has 0 aliphatic heterocycles. The van der Waals surface area contributed by atoms with Crippen LogP contribution in [0.2, 0.25) is 0 Å². The topological polar surface area (TPSA) is 23.8 Å². The average molecular weight is 279 g/mol. The Balaban J connectivity index is 2.21. The Morgan fingerprint density at radius 1 is 0.952 bits per heavy atom. The Bertz CT molecular complexity index is 892. The molecule has 3 rings (SSSR count). The summed E-state index contributed by atoms with van der Waals surface area (Å²) in [5, 5.41) is 10.1. The Morgan fingerprint density at radius 2 is 1.76 bits per heavy atom. The summed E-state index contributed by atoms with van der Waals surface area (Å²) in [6.45, 7) is 1.95. The Labute approximate surface area is 121 Å². The van der Waals surface area contributed by atoms with Crippen LogP contribution in [0.1, 0.15) is 11.1 Å². The maximum absolute atomic E-state index is 14.6. The molecule has 0 radical (unpaired) electrons. The first-order chi connectivity index (χ1) is 10.1.